The zero-order valence-corrected chi connectivity index (χ0v) is 13.7. The second-order valence-corrected chi connectivity index (χ2v) is 5.91. The Balaban J connectivity index is 1.74. The molecule has 2 aromatic heterocycles. The standard InChI is InChI=1S/C19H18N2O4/c1-19(24,16-8-5-11-25-16)12-20-17(22)14-9-10-15(21-18(14)23)13-6-3-2-4-7-13/h2-11,24H,12H2,1H3,(H,20,22)(H,21,23). The van der Waals surface area contributed by atoms with E-state index >= 15 is 0 Å². The van der Waals surface area contributed by atoms with Crippen LogP contribution in [0.3, 0.4) is 0 Å². The predicted molar refractivity (Wildman–Crippen MR) is 93.1 cm³/mol. The summed E-state index contributed by atoms with van der Waals surface area (Å²) in [5.74, 6) is -0.228. The van der Waals surface area contributed by atoms with Crippen LogP contribution < -0.4 is 10.9 Å². The van der Waals surface area contributed by atoms with Gasteiger partial charge in [-0.2, -0.15) is 0 Å². The normalized spacial score (nSPS) is 13.2. The molecule has 0 radical (unpaired) electrons. The molecule has 3 aromatic rings. The number of hydrogen-bond donors (Lipinski definition) is 3. The van der Waals surface area contributed by atoms with Crippen LogP contribution in [0.5, 0.6) is 0 Å². The lowest BCUT2D eigenvalue weighted by molar-refractivity contribution is 0.0330. The van der Waals surface area contributed by atoms with Crippen LogP contribution in [0.25, 0.3) is 11.3 Å². The maximum Gasteiger partial charge on any atom is 0.261 e. The molecular formula is C19H18N2O4. The summed E-state index contributed by atoms with van der Waals surface area (Å²) in [5, 5.41) is 12.9. The molecule has 1 atom stereocenters. The van der Waals surface area contributed by atoms with Crippen molar-refractivity contribution in [3.05, 3.63) is 82.5 Å². The number of pyridine rings is 1. The van der Waals surface area contributed by atoms with Gasteiger partial charge in [0.25, 0.3) is 11.5 Å². The fraction of sp³-hybridized carbons (Fsp3) is 0.158. The Morgan fingerprint density at radius 3 is 2.56 bits per heavy atom. The van der Waals surface area contributed by atoms with Crippen LogP contribution in [0.2, 0.25) is 0 Å². The maximum atomic E-state index is 12.3. The van der Waals surface area contributed by atoms with Crippen molar-refractivity contribution in [2.75, 3.05) is 6.54 Å². The summed E-state index contributed by atoms with van der Waals surface area (Å²) in [6, 6.07) is 15.8. The number of aromatic amines is 1. The van der Waals surface area contributed by atoms with Crippen LogP contribution >= 0.6 is 0 Å². The van der Waals surface area contributed by atoms with E-state index in [-0.39, 0.29) is 12.1 Å². The van der Waals surface area contributed by atoms with Gasteiger partial charge in [0.05, 0.1) is 12.8 Å². The van der Waals surface area contributed by atoms with Gasteiger partial charge in [-0.1, -0.05) is 30.3 Å². The van der Waals surface area contributed by atoms with E-state index < -0.39 is 17.1 Å². The number of aliphatic hydroxyl groups is 1. The molecule has 1 aromatic carbocycles. The van der Waals surface area contributed by atoms with Gasteiger partial charge in [-0.15, -0.1) is 0 Å². The summed E-state index contributed by atoms with van der Waals surface area (Å²) in [6.07, 6.45) is 1.44. The summed E-state index contributed by atoms with van der Waals surface area (Å²) in [4.78, 5) is 27.2. The van der Waals surface area contributed by atoms with Gasteiger partial charge in [0, 0.05) is 5.69 Å². The zero-order valence-electron chi connectivity index (χ0n) is 13.7. The molecular weight excluding hydrogens is 320 g/mol. The minimum Gasteiger partial charge on any atom is -0.466 e. The van der Waals surface area contributed by atoms with Crippen LogP contribution in [-0.4, -0.2) is 22.5 Å². The Morgan fingerprint density at radius 1 is 1.16 bits per heavy atom. The van der Waals surface area contributed by atoms with Crippen molar-refractivity contribution in [3.8, 4) is 11.3 Å². The Bertz CT molecular complexity index is 912. The van der Waals surface area contributed by atoms with E-state index in [2.05, 4.69) is 10.3 Å². The second kappa shape index (κ2) is 6.78. The molecule has 0 saturated carbocycles. The largest absolute Gasteiger partial charge is 0.466 e. The van der Waals surface area contributed by atoms with Crippen molar-refractivity contribution < 1.29 is 14.3 Å². The molecule has 0 fully saturated rings. The average molecular weight is 338 g/mol. The average Bonchev–Trinajstić information content (AvgIpc) is 3.16. The third-order valence-electron chi connectivity index (χ3n) is 3.88. The monoisotopic (exact) mass is 338 g/mol. The fourth-order valence-electron chi connectivity index (χ4n) is 2.46. The van der Waals surface area contributed by atoms with E-state index in [1.54, 1.807) is 18.2 Å². The molecule has 1 amide bonds. The van der Waals surface area contributed by atoms with E-state index in [0.29, 0.717) is 11.5 Å². The minimum absolute atomic E-state index is 0.0186. The van der Waals surface area contributed by atoms with Gasteiger partial charge in [0.1, 0.15) is 16.9 Å². The Kier molecular flexibility index (Phi) is 4.54. The first-order chi connectivity index (χ1) is 12.0. The number of nitrogens with one attached hydrogen (secondary N) is 2. The minimum atomic E-state index is -1.37. The van der Waals surface area contributed by atoms with Gasteiger partial charge < -0.3 is 19.8 Å². The molecule has 3 rings (SSSR count). The SMILES string of the molecule is CC(O)(CNC(=O)c1ccc(-c2ccccc2)[nH]c1=O)c1ccco1. The number of furan rings is 1. The van der Waals surface area contributed by atoms with Gasteiger partial charge >= 0.3 is 0 Å². The Labute approximate surface area is 144 Å². The number of H-pyrrole nitrogens is 1. The lowest BCUT2D eigenvalue weighted by Crippen LogP contribution is -2.40. The summed E-state index contributed by atoms with van der Waals surface area (Å²) in [7, 11) is 0. The molecule has 128 valence electrons. The molecule has 0 bridgehead atoms. The first-order valence-corrected chi connectivity index (χ1v) is 7.81. The molecule has 0 aliphatic heterocycles. The molecule has 6 heteroatoms. The van der Waals surface area contributed by atoms with Crippen LogP contribution in [0.1, 0.15) is 23.0 Å². The van der Waals surface area contributed by atoms with Crippen molar-refractivity contribution in [3.63, 3.8) is 0 Å². The molecule has 0 aliphatic carbocycles. The first-order valence-electron chi connectivity index (χ1n) is 7.81. The number of aromatic nitrogens is 1. The quantitative estimate of drug-likeness (QED) is 0.665. The van der Waals surface area contributed by atoms with Crippen LogP contribution in [0, 0.1) is 0 Å². The third kappa shape index (κ3) is 3.70. The molecule has 0 aliphatic rings. The van der Waals surface area contributed by atoms with E-state index in [1.165, 1.54) is 19.3 Å². The zero-order chi connectivity index (χ0) is 17.9. The topological polar surface area (TPSA) is 95.3 Å². The van der Waals surface area contributed by atoms with Crippen molar-refractivity contribution >= 4 is 5.91 Å². The van der Waals surface area contributed by atoms with Crippen LogP contribution in [0.4, 0.5) is 0 Å². The maximum absolute atomic E-state index is 12.3. The third-order valence-corrected chi connectivity index (χ3v) is 3.88. The second-order valence-electron chi connectivity index (χ2n) is 5.91. The number of benzene rings is 1. The van der Waals surface area contributed by atoms with Gasteiger partial charge in [-0.05, 0) is 36.8 Å². The van der Waals surface area contributed by atoms with Crippen LogP contribution in [0.15, 0.2) is 70.1 Å². The molecule has 6 nitrogen and oxygen atoms in total. The van der Waals surface area contributed by atoms with Crippen LogP contribution in [-0.2, 0) is 5.60 Å². The number of hydrogen-bond acceptors (Lipinski definition) is 4. The van der Waals surface area contributed by atoms with E-state index in [9.17, 15) is 14.7 Å². The summed E-state index contributed by atoms with van der Waals surface area (Å²) < 4.78 is 5.16. The number of amides is 1. The van der Waals surface area contributed by atoms with Gasteiger partial charge in [-0.25, -0.2) is 0 Å². The fourth-order valence-corrected chi connectivity index (χ4v) is 2.46. The van der Waals surface area contributed by atoms with Crippen molar-refractivity contribution in [2.45, 2.75) is 12.5 Å². The van der Waals surface area contributed by atoms with E-state index in [1.807, 2.05) is 30.3 Å². The smallest absolute Gasteiger partial charge is 0.261 e. The van der Waals surface area contributed by atoms with E-state index in [0.717, 1.165) is 5.56 Å². The molecule has 0 spiro atoms. The lowest BCUT2D eigenvalue weighted by Gasteiger charge is -2.21. The van der Waals surface area contributed by atoms with Gasteiger partial charge in [0.2, 0.25) is 0 Å². The summed E-state index contributed by atoms with van der Waals surface area (Å²) >= 11 is 0. The highest BCUT2D eigenvalue weighted by molar-refractivity contribution is 5.94. The summed E-state index contributed by atoms with van der Waals surface area (Å²) in [5.41, 5.74) is -0.390. The van der Waals surface area contributed by atoms with Gasteiger partial charge in [0.15, 0.2) is 0 Å². The molecule has 3 N–H and O–H groups in total. The highest BCUT2D eigenvalue weighted by Gasteiger charge is 2.27. The van der Waals surface area contributed by atoms with E-state index in [4.69, 9.17) is 4.42 Å². The van der Waals surface area contributed by atoms with Crippen molar-refractivity contribution in [2.24, 2.45) is 0 Å². The highest BCUT2D eigenvalue weighted by Crippen LogP contribution is 2.20. The molecule has 2 heterocycles. The molecule has 0 saturated heterocycles. The Hall–Kier alpha value is -3.12. The molecule has 1 unspecified atom stereocenters. The lowest BCUT2D eigenvalue weighted by atomic mass is 10.0. The first kappa shape index (κ1) is 16.7. The number of carbonyl (C=O) groups excluding carboxylic acids is 1. The Morgan fingerprint density at radius 2 is 1.92 bits per heavy atom. The predicted octanol–water partition coefficient (Wildman–Crippen LogP) is 2.27. The number of carbonyl (C=O) groups is 1. The highest BCUT2D eigenvalue weighted by atomic mass is 16.4. The number of rotatable bonds is 5. The van der Waals surface area contributed by atoms with Gasteiger partial charge in [-0.3, -0.25) is 9.59 Å². The summed E-state index contributed by atoms with van der Waals surface area (Å²) in [6.45, 7) is 1.44. The molecule has 25 heavy (non-hydrogen) atoms. The van der Waals surface area contributed by atoms with Crippen molar-refractivity contribution in [1.82, 2.24) is 10.3 Å². The van der Waals surface area contributed by atoms with Crippen molar-refractivity contribution in [1.29, 1.82) is 0 Å².